The molecule has 16 nitrogen and oxygen atoms in total. The summed E-state index contributed by atoms with van der Waals surface area (Å²) in [5.74, 6) is -1.78. The van der Waals surface area contributed by atoms with Crippen molar-refractivity contribution in [1.82, 2.24) is 26.6 Å². The van der Waals surface area contributed by atoms with Crippen LogP contribution in [0.1, 0.15) is 139 Å². The van der Waals surface area contributed by atoms with Crippen LogP contribution in [0.3, 0.4) is 0 Å². The van der Waals surface area contributed by atoms with Gasteiger partial charge in [0.15, 0.2) is 0 Å². The molecular formula is C36H68N6O10. The minimum atomic E-state index is -1.06. The molecule has 0 aromatic heterocycles. The molecule has 52 heavy (non-hydrogen) atoms. The molecule has 302 valence electrons. The number of ether oxygens (including phenoxy) is 3. The maximum absolute atomic E-state index is 13.1. The number of carboxylic acids is 1. The number of nitrogens with one attached hydrogen (secondary N) is 5. The average molecular weight is 745 g/mol. The first kappa shape index (κ1) is 48.2. The van der Waals surface area contributed by atoms with Gasteiger partial charge in [-0.1, -0.05) is 6.42 Å². The molecule has 0 rings (SSSR count). The Kier molecular flexibility index (Phi) is 22.6. The van der Waals surface area contributed by atoms with E-state index in [0.717, 1.165) is 0 Å². The van der Waals surface area contributed by atoms with E-state index >= 15 is 0 Å². The summed E-state index contributed by atoms with van der Waals surface area (Å²) >= 11 is 0. The van der Waals surface area contributed by atoms with Crippen LogP contribution in [-0.4, -0.2) is 95.7 Å². The summed E-state index contributed by atoms with van der Waals surface area (Å²) in [4.78, 5) is 73.3. The fourth-order valence-electron chi connectivity index (χ4n) is 4.88. The Morgan fingerprint density at radius 1 is 0.519 bits per heavy atom. The van der Waals surface area contributed by atoms with E-state index in [4.69, 9.17) is 19.9 Å². The molecule has 0 aliphatic heterocycles. The Labute approximate surface area is 310 Å². The lowest BCUT2D eigenvalue weighted by molar-refractivity contribution is -0.137. The molecule has 0 bridgehead atoms. The number of aliphatic carboxylic acids is 1. The van der Waals surface area contributed by atoms with Gasteiger partial charge < -0.3 is 51.6 Å². The smallest absolute Gasteiger partial charge is 0.407 e. The Hall–Kier alpha value is -3.82. The number of carbonyl (C=O) groups excluding carboxylic acids is 5. The molecule has 3 atom stereocenters. The molecule has 0 aliphatic carbocycles. The molecule has 0 saturated carbocycles. The first-order valence-corrected chi connectivity index (χ1v) is 18.4. The van der Waals surface area contributed by atoms with E-state index in [2.05, 4.69) is 26.6 Å². The van der Waals surface area contributed by atoms with Crippen molar-refractivity contribution in [1.29, 1.82) is 0 Å². The van der Waals surface area contributed by atoms with Gasteiger partial charge in [-0.25, -0.2) is 14.4 Å². The quantitative estimate of drug-likeness (QED) is 0.0563. The van der Waals surface area contributed by atoms with E-state index in [0.29, 0.717) is 77.4 Å². The molecule has 0 spiro atoms. The third-order valence-corrected chi connectivity index (χ3v) is 7.00. The normalized spacial score (nSPS) is 13.5. The molecule has 16 heteroatoms. The Bertz CT molecular complexity index is 1110. The molecule has 0 heterocycles. The molecule has 8 N–H and O–H groups in total. The molecule has 0 saturated heterocycles. The zero-order valence-corrected chi connectivity index (χ0v) is 33.0. The second-order valence-electron chi connectivity index (χ2n) is 16.1. The summed E-state index contributed by atoms with van der Waals surface area (Å²) in [5, 5.41) is 23.2. The highest BCUT2D eigenvalue weighted by Gasteiger charge is 2.22. The molecule has 5 amide bonds. The molecular weight excluding hydrogens is 676 g/mol. The van der Waals surface area contributed by atoms with Crippen molar-refractivity contribution < 1.29 is 48.1 Å². The summed E-state index contributed by atoms with van der Waals surface area (Å²) in [6, 6.07) is -1.62. The van der Waals surface area contributed by atoms with Crippen LogP contribution in [0.2, 0.25) is 0 Å². The molecule has 3 unspecified atom stereocenters. The van der Waals surface area contributed by atoms with Gasteiger partial charge in [-0.15, -0.1) is 0 Å². The van der Waals surface area contributed by atoms with Crippen molar-refractivity contribution >= 4 is 36.1 Å². The van der Waals surface area contributed by atoms with Crippen molar-refractivity contribution in [3.05, 3.63) is 0 Å². The van der Waals surface area contributed by atoms with E-state index < -0.39 is 65.1 Å². The standard InChI is InChI=1S/C36H68N6O10/c1-34(2,3)50-31(47)38-19-13-10-16-25(37)22-28(43)41-26(17-11-14-20-39-32(48)51-35(4,5)6)23-29(44)42-27(24-30(45)46)18-12-15-21-40-33(49)52-36(7,8)9/h25-27H,10-24,37H2,1-9H3,(H,38,47)(H,39,48)(H,40,49)(H,41,43)(H,42,44)(H,45,46). The van der Waals surface area contributed by atoms with Crippen LogP contribution >= 0.6 is 0 Å². The number of carboxylic acid groups (broad SMARTS) is 1. The second-order valence-corrected chi connectivity index (χ2v) is 16.1. The van der Waals surface area contributed by atoms with Gasteiger partial charge in [0.2, 0.25) is 11.8 Å². The predicted octanol–water partition coefficient (Wildman–Crippen LogP) is 4.62. The Morgan fingerprint density at radius 3 is 1.19 bits per heavy atom. The number of hydrogen-bond acceptors (Lipinski definition) is 10. The van der Waals surface area contributed by atoms with Gasteiger partial charge >= 0.3 is 24.2 Å². The van der Waals surface area contributed by atoms with Crippen LogP contribution in [0.4, 0.5) is 14.4 Å². The number of amides is 5. The maximum Gasteiger partial charge on any atom is 0.407 e. The zero-order valence-electron chi connectivity index (χ0n) is 33.0. The maximum atomic E-state index is 13.1. The van der Waals surface area contributed by atoms with Crippen molar-refractivity contribution in [3.8, 4) is 0 Å². The van der Waals surface area contributed by atoms with Crippen LogP contribution in [0.15, 0.2) is 0 Å². The topological polar surface area (TPSA) is 237 Å². The first-order chi connectivity index (χ1) is 23.9. The van der Waals surface area contributed by atoms with Gasteiger partial charge in [-0.3, -0.25) is 14.4 Å². The highest BCUT2D eigenvalue weighted by molar-refractivity contribution is 5.80. The van der Waals surface area contributed by atoms with Gasteiger partial charge in [0.1, 0.15) is 16.8 Å². The Morgan fingerprint density at radius 2 is 0.846 bits per heavy atom. The number of unbranched alkanes of at least 4 members (excludes halogenated alkanes) is 3. The van der Waals surface area contributed by atoms with Gasteiger partial charge in [-0.2, -0.15) is 0 Å². The van der Waals surface area contributed by atoms with Crippen LogP contribution in [0.25, 0.3) is 0 Å². The van der Waals surface area contributed by atoms with E-state index in [1.165, 1.54) is 0 Å². The van der Waals surface area contributed by atoms with Gasteiger partial charge in [-0.05, 0) is 114 Å². The number of carbonyl (C=O) groups is 6. The number of alkyl carbamates (subject to hydrolysis) is 3. The minimum absolute atomic E-state index is 0.0385. The summed E-state index contributed by atoms with van der Waals surface area (Å²) in [7, 11) is 0. The van der Waals surface area contributed by atoms with E-state index in [-0.39, 0.29) is 25.2 Å². The lowest BCUT2D eigenvalue weighted by Gasteiger charge is -2.23. The van der Waals surface area contributed by atoms with Crippen molar-refractivity contribution in [2.45, 2.75) is 174 Å². The van der Waals surface area contributed by atoms with Crippen molar-refractivity contribution in [3.63, 3.8) is 0 Å². The van der Waals surface area contributed by atoms with Gasteiger partial charge in [0, 0.05) is 50.6 Å². The Balaban J connectivity index is 5.09. The molecule has 0 fully saturated rings. The summed E-state index contributed by atoms with van der Waals surface area (Å²) in [6.45, 7) is 17.1. The molecule has 0 radical (unpaired) electrons. The first-order valence-electron chi connectivity index (χ1n) is 18.4. The van der Waals surface area contributed by atoms with Crippen LogP contribution in [-0.2, 0) is 28.6 Å². The number of rotatable bonds is 23. The fraction of sp³-hybridized carbons (Fsp3) is 0.833. The summed E-state index contributed by atoms with van der Waals surface area (Å²) < 4.78 is 15.7. The summed E-state index contributed by atoms with van der Waals surface area (Å²) in [6.07, 6.45) is 3.08. The van der Waals surface area contributed by atoms with E-state index in [1.807, 2.05) is 0 Å². The number of nitrogens with two attached hydrogens (primary N) is 1. The van der Waals surface area contributed by atoms with Crippen LogP contribution in [0.5, 0.6) is 0 Å². The van der Waals surface area contributed by atoms with E-state index in [1.54, 1.807) is 62.3 Å². The highest BCUT2D eigenvalue weighted by Crippen LogP contribution is 2.12. The number of hydrogen-bond donors (Lipinski definition) is 7. The SMILES string of the molecule is CC(C)(C)OC(=O)NCCCCC(N)CC(=O)NC(CCCCNC(=O)OC(C)(C)C)CC(=O)NC(CCCCNC(=O)OC(C)(C)C)CC(=O)O. The van der Waals surface area contributed by atoms with Crippen LogP contribution in [0, 0.1) is 0 Å². The fourth-order valence-corrected chi connectivity index (χ4v) is 4.88. The van der Waals surface area contributed by atoms with Crippen molar-refractivity contribution in [2.24, 2.45) is 5.73 Å². The molecule has 0 aromatic carbocycles. The lowest BCUT2D eigenvalue weighted by atomic mass is 10.0. The third kappa shape index (κ3) is 31.0. The monoisotopic (exact) mass is 744 g/mol. The summed E-state index contributed by atoms with van der Waals surface area (Å²) in [5.41, 5.74) is 4.39. The van der Waals surface area contributed by atoms with E-state index in [9.17, 15) is 33.9 Å². The molecule has 0 aliphatic rings. The largest absolute Gasteiger partial charge is 0.481 e. The van der Waals surface area contributed by atoms with Gasteiger partial charge in [0.05, 0.1) is 6.42 Å². The zero-order chi connectivity index (χ0) is 40.0. The minimum Gasteiger partial charge on any atom is -0.481 e. The highest BCUT2D eigenvalue weighted by atomic mass is 16.6. The lowest BCUT2D eigenvalue weighted by Crippen LogP contribution is -2.43. The third-order valence-electron chi connectivity index (χ3n) is 7.00. The van der Waals surface area contributed by atoms with Crippen molar-refractivity contribution in [2.75, 3.05) is 19.6 Å². The van der Waals surface area contributed by atoms with Crippen LogP contribution < -0.4 is 32.3 Å². The predicted molar refractivity (Wildman–Crippen MR) is 198 cm³/mol. The second kappa shape index (κ2) is 24.4. The molecule has 0 aromatic rings. The average Bonchev–Trinajstić information content (AvgIpc) is 2.93. The van der Waals surface area contributed by atoms with Gasteiger partial charge in [0.25, 0.3) is 0 Å².